The molecule has 0 bridgehead atoms. The van der Waals surface area contributed by atoms with E-state index in [1.54, 1.807) is 0 Å². The normalized spacial score (nSPS) is 13.9. The summed E-state index contributed by atoms with van der Waals surface area (Å²) in [5.41, 5.74) is -0.428. The van der Waals surface area contributed by atoms with Crippen molar-refractivity contribution in [3.05, 3.63) is 35.9 Å². The van der Waals surface area contributed by atoms with Gasteiger partial charge in [0.05, 0.1) is 6.61 Å². The molecule has 1 atom stereocenters. The van der Waals surface area contributed by atoms with E-state index in [4.69, 9.17) is 4.74 Å². The number of ether oxygens (including phenoxy) is 1. The van der Waals surface area contributed by atoms with Crippen molar-refractivity contribution < 1.29 is 14.6 Å². The van der Waals surface area contributed by atoms with Crippen LogP contribution >= 0.6 is 0 Å². The Morgan fingerprint density at radius 1 is 1.25 bits per heavy atom. The molecule has 4 heteroatoms. The average Bonchev–Trinajstić information content (AvgIpc) is 2.47. The predicted octanol–water partition coefficient (Wildman–Crippen LogP) is 2.78. The van der Waals surface area contributed by atoms with Crippen LogP contribution in [0, 0.1) is 0 Å². The molecule has 0 heterocycles. The smallest absolute Gasteiger partial charge is 0.331 e. The van der Waals surface area contributed by atoms with Crippen LogP contribution in [-0.4, -0.2) is 30.8 Å². The van der Waals surface area contributed by atoms with Crippen LogP contribution in [-0.2, 0) is 15.1 Å². The van der Waals surface area contributed by atoms with Crippen molar-refractivity contribution in [3.63, 3.8) is 0 Å². The van der Waals surface area contributed by atoms with Gasteiger partial charge in [0.15, 0.2) is 5.54 Å². The van der Waals surface area contributed by atoms with Gasteiger partial charge in [0.25, 0.3) is 0 Å². The lowest BCUT2D eigenvalue weighted by Gasteiger charge is -2.31. The topological polar surface area (TPSA) is 58.6 Å². The standard InChI is InChI=1S/C16H25NO3/c1-3-5-12-20-13-16(15(18)19,17-11-4-2)14-9-7-6-8-10-14/h6-10,17H,3-5,11-13H2,1-2H3,(H,18,19). The van der Waals surface area contributed by atoms with Crippen LogP contribution in [0.5, 0.6) is 0 Å². The van der Waals surface area contributed by atoms with Crippen molar-refractivity contribution in [2.24, 2.45) is 0 Å². The van der Waals surface area contributed by atoms with Crippen molar-refractivity contribution in [3.8, 4) is 0 Å². The van der Waals surface area contributed by atoms with Gasteiger partial charge in [0, 0.05) is 6.61 Å². The number of hydrogen-bond donors (Lipinski definition) is 2. The Balaban J connectivity index is 2.92. The molecule has 0 saturated heterocycles. The zero-order chi connectivity index (χ0) is 14.8. The number of hydrogen-bond acceptors (Lipinski definition) is 3. The predicted molar refractivity (Wildman–Crippen MR) is 79.8 cm³/mol. The van der Waals surface area contributed by atoms with Crippen LogP contribution in [0.1, 0.15) is 38.7 Å². The first kappa shape index (κ1) is 16.7. The van der Waals surface area contributed by atoms with E-state index in [1.165, 1.54) is 0 Å². The molecule has 112 valence electrons. The lowest BCUT2D eigenvalue weighted by Crippen LogP contribution is -2.53. The fourth-order valence-corrected chi connectivity index (χ4v) is 2.03. The molecule has 1 unspecified atom stereocenters. The van der Waals surface area contributed by atoms with Crippen LogP contribution in [0.2, 0.25) is 0 Å². The van der Waals surface area contributed by atoms with E-state index in [1.807, 2.05) is 37.3 Å². The van der Waals surface area contributed by atoms with Gasteiger partial charge in [-0.15, -0.1) is 0 Å². The molecule has 1 rings (SSSR count). The first-order valence-corrected chi connectivity index (χ1v) is 7.29. The van der Waals surface area contributed by atoms with E-state index in [0.29, 0.717) is 13.2 Å². The number of carboxylic acid groups (broad SMARTS) is 1. The number of carbonyl (C=O) groups is 1. The minimum Gasteiger partial charge on any atom is -0.480 e. The molecule has 0 saturated carbocycles. The van der Waals surface area contributed by atoms with Crippen molar-refractivity contribution >= 4 is 5.97 Å². The summed E-state index contributed by atoms with van der Waals surface area (Å²) < 4.78 is 5.61. The summed E-state index contributed by atoms with van der Waals surface area (Å²) in [5.74, 6) is -0.895. The summed E-state index contributed by atoms with van der Waals surface area (Å²) >= 11 is 0. The summed E-state index contributed by atoms with van der Waals surface area (Å²) in [6.07, 6.45) is 2.85. The zero-order valence-corrected chi connectivity index (χ0v) is 12.4. The number of benzene rings is 1. The van der Waals surface area contributed by atoms with E-state index in [2.05, 4.69) is 12.2 Å². The molecule has 20 heavy (non-hydrogen) atoms. The Labute approximate surface area is 121 Å². The van der Waals surface area contributed by atoms with Gasteiger partial charge in [-0.1, -0.05) is 50.6 Å². The number of carboxylic acids is 1. The Bertz CT molecular complexity index is 394. The van der Waals surface area contributed by atoms with E-state index >= 15 is 0 Å². The molecule has 1 aromatic rings. The number of unbranched alkanes of at least 4 members (excludes halogenated alkanes) is 1. The maximum absolute atomic E-state index is 11.8. The Hall–Kier alpha value is -1.39. The second-order valence-corrected chi connectivity index (χ2v) is 4.91. The van der Waals surface area contributed by atoms with Gasteiger partial charge in [-0.3, -0.25) is 5.32 Å². The van der Waals surface area contributed by atoms with Gasteiger partial charge in [-0.2, -0.15) is 0 Å². The Morgan fingerprint density at radius 2 is 1.95 bits per heavy atom. The van der Waals surface area contributed by atoms with Gasteiger partial charge in [0.2, 0.25) is 0 Å². The van der Waals surface area contributed by atoms with E-state index in [0.717, 1.165) is 24.8 Å². The highest BCUT2D eigenvalue weighted by Crippen LogP contribution is 2.22. The highest BCUT2D eigenvalue weighted by atomic mass is 16.5. The Kier molecular flexibility index (Phi) is 7.26. The van der Waals surface area contributed by atoms with Crippen LogP contribution in [0.15, 0.2) is 30.3 Å². The maximum atomic E-state index is 11.8. The molecule has 0 amide bonds. The second-order valence-electron chi connectivity index (χ2n) is 4.91. The molecule has 2 N–H and O–H groups in total. The van der Waals surface area contributed by atoms with Crippen molar-refractivity contribution in [2.45, 2.75) is 38.6 Å². The Morgan fingerprint density at radius 3 is 2.50 bits per heavy atom. The summed E-state index contributed by atoms with van der Waals surface area (Å²) in [6.45, 7) is 5.47. The zero-order valence-electron chi connectivity index (χ0n) is 12.4. The van der Waals surface area contributed by atoms with Crippen LogP contribution < -0.4 is 5.32 Å². The van der Waals surface area contributed by atoms with Gasteiger partial charge in [0.1, 0.15) is 0 Å². The molecule has 0 aliphatic rings. The van der Waals surface area contributed by atoms with E-state index in [9.17, 15) is 9.90 Å². The SMILES string of the molecule is CCCCOCC(NCCC)(C(=O)O)c1ccccc1. The largest absolute Gasteiger partial charge is 0.480 e. The van der Waals surface area contributed by atoms with Gasteiger partial charge in [-0.25, -0.2) is 4.79 Å². The minimum absolute atomic E-state index is 0.145. The number of rotatable bonds is 10. The van der Waals surface area contributed by atoms with Crippen LogP contribution in [0.3, 0.4) is 0 Å². The van der Waals surface area contributed by atoms with Crippen molar-refractivity contribution in [1.82, 2.24) is 5.32 Å². The summed E-state index contributed by atoms with van der Waals surface area (Å²) in [7, 11) is 0. The maximum Gasteiger partial charge on any atom is 0.331 e. The molecule has 0 aliphatic heterocycles. The van der Waals surface area contributed by atoms with E-state index < -0.39 is 11.5 Å². The van der Waals surface area contributed by atoms with Gasteiger partial charge >= 0.3 is 5.97 Å². The molecule has 1 aromatic carbocycles. The summed E-state index contributed by atoms with van der Waals surface area (Å²) in [6, 6.07) is 9.26. The van der Waals surface area contributed by atoms with E-state index in [-0.39, 0.29) is 6.61 Å². The third-order valence-corrected chi connectivity index (χ3v) is 3.27. The van der Waals surface area contributed by atoms with Crippen molar-refractivity contribution in [1.29, 1.82) is 0 Å². The monoisotopic (exact) mass is 279 g/mol. The van der Waals surface area contributed by atoms with Gasteiger partial charge in [-0.05, 0) is 24.9 Å². The minimum atomic E-state index is -1.16. The third kappa shape index (κ3) is 4.32. The lowest BCUT2D eigenvalue weighted by molar-refractivity contribution is -0.148. The second kappa shape index (κ2) is 8.72. The van der Waals surface area contributed by atoms with Gasteiger partial charge < -0.3 is 9.84 Å². The molecular weight excluding hydrogens is 254 g/mol. The highest BCUT2D eigenvalue weighted by molar-refractivity contribution is 5.81. The van der Waals surface area contributed by atoms with Crippen molar-refractivity contribution in [2.75, 3.05) is 19.8 Å². The quantitative estimate of drug-likeness (QED) is 0.647. The molecule has 0 aliphatic carbocycles. The highest BCUT2D eigenvalue weighted by Gasteiger charge is 2.40. The van der Waals surface area contributed by atoms with Crippen LogP contribution in [0.4, 0.5) is 0 Å². The average molecular weight is 279 g/mol. The molecule has 0 spiro atoms. The first-order valence-electron chi connectivity index (χ1n) is 7.29. The molecule has 4 nitrogen and oxygen atoms in total. The first-order chi connectivity index (χ1) is 9.67. The summed E-state index contributed by atoms with van der Waals surface area (Å²) in [4.78, 5) is 11.8. The number of aliphatic carboxylic acids is 1. The molecule has 0 aromatic heterocycles. The molecule has 0 fully saturated rings. The molecule has 0 radical (unpaired) electrons. The summed E-state index contributed by atoms with van der Waals surface area (Å²) in [5, 5.41) is 12.9. The fraction of sp³-hybridized carbons (Fsp3) is 0.562. The van der Waals surface area contributed by atoms with Crippen LogP contribution in [0.25, 0.3) is 0 Å². The fourth-order valence-electron chi connectivity index (χ4n) is 2.03. The lowest BCUT2D eigenvalue weighted by atomic mass is 9.90. The third-order valence-electron chi connectivity index (χ3n) is 3.27. The number of nitrogens with one attached hydrogen (secondary N) is 1. The molecular formula is C16H25NO3.